The number of urea groups is 1. The zero-order chi connectivity index (χ0) is 12.4. The number of nitrogens with zero attached hydrogens (tertiary/aromatic N) is 2. The lowest BCUT2D eigenvalue weighted by Gasteiger charge is -2.43. The van der Waals surface area contributed by atoms with Crippen molar-refractivity contribution in [3.8, 4) is 0 Å². The van der Waals surface area contributed by atoms with Crippen LogP contribution in [0, 0.1) is 11.8 Å². The summed E-state index contributed by atoms with van der Waals surface area (Å²) >= 11 is 0. The summed E-state index contributed by atoms with van der Waals surface area (Å²) in [4.78, 5) is 16.0. The van der Waals surface area contributed by atoms with Crippen LogP contribution in [-0.2, 0) is 4.74 Å². The summed E-state index contributed by atoms with van der Waals surface area (Å²) in [6.45, 7) is 7.94. The Labute approximate surface area is 104 Å². The Kier molecular flexibility index (Phi) is 3.92. The second-order valence-corrected chi connectivity index (χ2v) is 5.61. The summed E-state index contributed by atoms with van der Waals surface area (Å²) in [6, 6.07) is 0.209. The van der Waals surface area contributed by atoms with E-state index in [1.165, 1.54) is 0 Å². The van der Waals surface area contributed by atoms with Gasteiger partial charge in [-0.3, -0.25) is 0 Å². The van der Waals surface area contributed by atoms with Crippen LogP contribution < -0.4 is 0 Å². The van der Waals surface area contributed by atoms with Gasteiger partial charge in [-0.1, -0.05) is 13.8 Å². The molecular formula is C13H24N2O2. The highest BCUT2D eigenvalue weighted by atomic mass is 16.5. The molecule has 0 aliphatic carbocycles. The first-order valence-corrected chi connectivity index (χ1v) is 6.68. The molecule has 17 heavy (non-hydrogen) atoms. The van der Waals surface area contributed by atoms with Gasteiger partial charge in [0, 0.05) is 20.2 Å². The van der Waals surface area contributed by atoms with Crippen molar-refractivity contribution in [3.05, 3.63) is 0 Å². The van der Waals surface area contributed by atoms with Gasteiger partial charge in [0.15, 0.2) is 0 Å². The van der Waals surface area contributed by atoms with E-state index in [0.29, 0.717) is 0 Å². The van der Waals surface area contributed by atoms with Gasteiger partial charge in [-0.15, -0.1) is 0 Å². The lowest BCUT2D eigenvalue weighted by atomic mass is 9.87. The van der Waals surface area contributed by atoms with Gasteiger partial charge in [0.1, 0.15) is 0 Å². The molecule has 0 N–H and O–H groups in total. The maximum Gasteiger partial charge on any atom is 0.320 e. The minimum absolute atomic E-state index is 0.209. The average molecular weight is 240 g/mol. The first kappa shape index (κ1) is 12.7. The molecule has 0 aromatic heterocycles. The molecule has 4 nitrogen and oxygen atoms in total. The van der Waals surface area contributed by atoms with Gasteiger partial charge >= 0.3 is 6.03 Å². The Bertz CT molecular complexity index is 267. The molecule has 98 valence electrons. The van der Waals surface area contributed by atoms with E-state index in [1.807, 2.05) is 9.80 Å². The van der Waals surface area contributed by atoms with Crippen LogP contribution in [0.15, 0.2) is 0 Å². The largest absolute Gasteiger partial charge is 0.378 e. The van der Waals surface area contributed by atoms with Gasteiger partial charge in [0.25, 0.3) is 0 Å². The third-order valence-corrected chi connectivity index (χ3v) is 4.20. The second kappa shape index (κ2) is 5.25. The summed E-state index contributed by atoms with van der Waals surface area (Å²) in [5.74, 6) is 1.54. The van der Waals surface area contributed by atoms with Crippen LogP contribution >= 0.6 is 0 Å². The third-order valence-electron chi connectivity index (χ3n) is 4.20. The molecule has 2 aliphatic rings. The fraction of sp³-hybridized carbons (Fsp3) is 0.923. The van der Waals surface area contributed by atoms with Crippen molar-refractivity contribution in [1.29, 1.82) is 0 Å². The number of methoxy groups -OCH3 is 1. The highest BCUT2D eigenvalue weighted by Gasteiger charge is 2.34. The molecule has 2 fully saturated rings. The SMILES string of the molecule is COC1CN(C(=O)N2CCC(C(C)C)CC2)C1. The number of carbonyl (C=O) groups excluding carboxylic acids is 1. The number of likely N-dealkylation sites (tertiary alicyclic amines) is 2. The van der Waals surface area contributed by atoms with Crippen LogP contribution in [-0.4, -0.2) is 55.2 Å². The number of ether oxygens (including phenoxy) is 1. The standard InChI is InChI=1S/C13H24N2O2/c1-10(2)11-4-6-14(7-5-11)13(16)15-8-12(9-15)17-3/h10-12H,4-9H2,1-3H3. The van der Waals surface area contributed by atoms with Gasteiger partial charge in [0.2, 0.25) is 0 Å². The lowest BCUT2D eigenvalue weighted by molar-refractivity contribution is -0.0177. The molecule has 0 radical (unpaired) electrons. The second-order valence-electron chi connectivity index (χ2n) is 5.61. The predicted octanol–water partition coefficient (Wildman–Crippen LogP) is 1.80. The van der Waals surface area contributed by atoms with E-state index in [4.69, 9.17) is 4.74 Å². The molecular weight excluding hydrogens is 216 g/mol. The van der Waals surface area contributed by atoms with E-state index in [2.05, 4.69) is 13.8 Å². The summed E-state index contributed by atoms with van der Waals surface area (Å²) < 4.78 is 5.19. The fourth-order valence-electron chi connectivity index (χ4n) is 2.70. The van der Waals surface area contributed by atoms with Crippen molar-refractivity contribution in [1.82, 2.24) is 9.80 Å². The molecule has 2 rings (SSSR count). The molecule has 0 spiro atoms. The van der Waals surface area contributed by atoms with Crippen molar-refractivity contribution in [2.75, 3.05) is 33.3 Å². The van der Waals surface area contributed by atoms with Crippen molar-refractivity contribution in [2.45, 2.75) is 32.8 Å². The van der Waals surface area contributed by atoms with E-state index in [0.717, 1.165) is 50.9 Å². The van der Waals surface area contributed by atoms with Gasteiger partial charge in [-0.2, -0.15) is 0 Å². The molecule has 4 heteroatoms. The predicted molar refractivity (Wildman–Crippen MR) is 66.9 cm³/mol. The Morgan fingerprint density at radius 2 is 1.76 bits per heavy atom. The molecule has 0 atom stereocenters. The van der Waals surface area contributed by atoms with Crippen LogP contribution in [0.2, 0.25) is 0 Å². The lowest BCUT2D eigenvalue weighted by Crippen LogP contribution is -2.59. The summed E-state index contributed by atoms with van der Waals surface area (Å²) in [5.41, 5.74) is 0. The van der Waals surface area contributed by atoms with Crippen LogP contribution in [0.4, 0.5) is 4.79 Å². The maximum absolute atomic E-state index is 12.1. The van der Waals surface area contributed by atoms with Gasteiger partial charge < -0.3 is 14.5 Å². The minimum Gasteiger partial charge on any atom is -0.378 e. The van der Waals surface area contributed by atoms with E-state index in [-0.39, 0.29) is 12.1 Å². The van der Waals surface area contributed by atoms with Gasteiger partial charge in [0.05, 0.1) is 19.2 Å². The van der Waals surface area contributed by atoms with Crippen LogP contribution in [0.3, 0.4) is 0 Å². The summed E-state index contributed by atoms with van der Waals surface area (Å²) in [6.07, 6.45) is 2.57. The normalized spacial score (nSPS) is 23.1. The Balaban J connectivity index is 1.75. The highest BCUT2D eigenvalue weighted by Crippen LogP contribution is 2.25. The van der Waals surface area contributed by atoms with E-state index < -0.39 is 0 Å². The third kappa shape index (κ3) is 2.73. The average Bonchev–Trinajstić information content (AvgIpc) is 2.27. The fourth-order valence-corrected chi connectivity index (χ4v) is 2.70. The number of hydrogen-bond donors (Lipinski definition) is 0. The molecule has 0 aromatic carbocycles. The molecule has 2 amide bonds. The number of carbonyl (C=O) groups is 1. The zero-order valence-corrected chi connectivity index (χ0v) is 11.2. The van der Waals surface area contributed by atoms with Crippen molar-refractivity contribution in [3.63, 3.8) is 0 Å². The van der Waals surface area contributed by atoms with E-state index >= 15 is 0 Å². The van der Waals surface area contributed by atoms with E-state index in [1.54, 1.807) is 7.11 Å². The van der Waals surface area contributed by atoms with Crippen LogP contribution in [0.5, 0.6) is 0 Å². The number of hydrogen-bond acceptors (Lipinski definition) is 2. The molecule has 0 saturated carbocycles. The summed E-state index contributed by atoms with van der Waals surface area (Å²) in [7, 11) is 1.71. The van der Waals surface area contributed by atoms with Gasteiger partial charge in [-0.25, -0.2) is 4.79 Å². The van der Waals surface area contributed by atoms with Crippen molar-refractivity contribution >= 4 is 6.03 Å². The monoisotopic (exact) mass is 240 g/mol. The smallest absolute Gasteiger partial charge is 0.320 e. The van der Waals surface area contributed by atoms with Crippen LogP contribution in [0.25, 0.3) is 0 Å². The molecule has 2 heterocycles. The Morgan fingerprint density at radius 3 is 2.24 bits per heavy atom. The number of piperidine rings is 1. The quantitative estimate of drug-likeness (QED) is 0.737. The minimum atomic E-state index is 0.209. The van der Waals surface area contributed by atoms with Gasteiger partial charge in [-0.05, 0) is 24.7 Å². The maximum atomic E-state index is 12.1. The Morgan fingerprint density at radius 1 is 1.18 bits per heavy atom. The number of rotatable bonds is 2. The highest BCUT2D eigenvalue weighted by molar-refractivity contribution is 5.75. The molecule has 0 bridgehead atoms. The van der Waals surface area contributed by atoms with E-state index in [9.17, 15) is 4.79 Å². The molecule has 0 aromatic rings. The molecule has 2 saturated heterocycles. The van der Waals surface area contributed by atoms with Crippen molar-refractivity contribution < 1.29 is 9.53 Å². The first-order chi connectivity index (χ1) is 8.11. The molecule has 2 aliphatic heterocycles. The topological polar surface area (TPSA) is 32.8 Å². The first-order valence-electron chi connectivity index (χ1n) is 6.68. The Hall–Kier alpha value is -0.770. The molecule has 0 unspecified atom stereocenters. The van der Waals surface area contributed by atoms with Crippen molar-refractivity contribution in [2.24, 2.45) is 11.8 Å². The zero-order valence-electron chi connectivity index (χ0n) is 11.2. The summed E-state index contributed by atoms with van der Waals surface area (Å²) in [5, 5.41) is 0. The number of amides is 2. The van der Waals surface area contributed by atoms with Crippen LogP contribution in [0.1, 0.15) is 26.7 Å².